The lowest BCUT2D eigenvalue weighted by Crippen LogP contribution is -2.17. The van der Waals surface area contributed by atoms with Gasteiger partial charge in [-0.2, -0.15) is 0 Å². The van der Waals surface area contributed by atoms with Crippen LogP contribution in [-0.4, -0.2) is 29.1 Å². The molecule has 6 heteroatoms. The Morgan fingerprint density at radius 3 is 2.76 bits per heavy atom. The summed E-state index contributed by atoms with van der Waals surface area (Å²) in [6.45, 7) is 0.748. The summed E-state index contributed by atoms with van der Waals surface area (Å²) in [4.78, 5) is 13.6. The molecule has 0 saturated heterocycles. The van der Waals surface area contributed by atoms with Crippen molar-refractivity contribution in [3.05, 3.63) is 47.4 Å². The fraction of sp³-hybridized carbons (Fsp3) is 0.200. The van der Waals surface area contributed by atoms with E-state index in [1.807, 2.05) is 37.4 Å². The molecule has 0 bridgehead atoms. The Kier molecular flexibility index (Phi) is 3.66. The first-order valence-electron chi connectivity index (χ1n) is 6.51. The molecule has 3 aromatic rings. The van der Waals surface area contributed by atoms with Crippen molar-refractivity contribution in [1.29, 1.82) is 0 Å². The summed E-state index contributed by atoms with van der Waals surface area (Å²) in [6.07, 6.45) is 1.62. The van der Waals surface area contributed by atoms with Gasteiger partial charge in [0.15, 0.2) is 5.65 Å². The number of nitrogens with one attached hydrogen (secondary N) is 1. The molecule has 0 aliphatic rings. The van der Waals surface area contributed by atoms with E-state index in [4.69, 9.17) is 16.3 Å². The number of rotatable bonds is 4. The predicted molar refractivity (Wildman–Crippen MR) is 84.0 cm³/mol. The van der Waals surface area contributed by atoms with Crippen LogP contribution in [0.15, 0.2) is 36.7 Å². The molecule has 0 saturated carbocycles. The number of methoxy groups -OCH3 is 1. The largest absolute Gasteiger partial charge is 0.497 e. The van der Waals surface area contributed by atoms with Crippen LogP contribution < -0.4 is 9.64 Å². The molecule has 0 radical (unpaired) electrons. The number of nitrogens with zero attached hydrogens (tertiary/aromatic N) is 3. The number of hydrogen-bond acceptors (Lipinski definition) is 4. The fourth-order valence-electron chi connectivity index (χ4n) is 2.27. The molecule has 21 heavy (non-hydrogen) atoms. The average molecular weight is 303 g/mol. The van der Waals surface area contributed by atoms with E-state index in [-0.39, 0.29) is 0 Å². The van der Waals surface area contributed by atoms with Crippen LogP contribution in [0.25, 0.3) is 11.2 Å². The molecule has 0 unspecified atom stereocenters. The highest BCUT2D eigenvalue weighted by Crippen LogP contribution is 2.26. The van der Waals surface area contributed by atoms with Crippen LogP contribution in [0, 0.1) is 0 Å². The van der Waals surface area contributed by atoms with Crippen molar-refractivity contribution in [3.63, 3.8) is 0 Å². The highest BCUT2D eigenvalue weighted by molar-refractivity contribution is 6.30. The zero-order valence-electron chi connectivity index (χ0n) is 11.8. The summed E-state index contributed by atoms with van der Waals surface area (Å²) < 4.78 is 5.17. The number of imidazole rings is 1. The number of pyridine rings is 1. The first kappa shape index (κ1) is 13.7. The molecule has 5 nitrogen and oxygen atoms in total. The van der Waals surface area contributed by atoms with Crippen LogP contribution in [0.5, 0.6) is 5.75 Å². The number of ether oxygens (including phenoxy) is 1. The van der Waals surface area contributed by atoms with Crippen molar-refractivity contribution >= 4 is 28.5 Å². The summed E-state index contributed by atoms with van der Waals surface area (Å²) in [7, 11) is 3.67. The van der Waals surface area contributed by atoms with Gasteiger partial charge in [-0.05, 0) is 17.7 Å². The van der Waals surface area contributed by atoms with Crippen molar-refractivity contribution in [3.8, 4) is 5.75 Å². The van der Waals surface area contributed by atoms with E-state index in [9.17, 15) is 0 Å². The Hall–Kier alpha value is -2.27. The van der Waals surface area contributed by atoms with Gasteiger partial charge in [-0.1, -0.05) is 23.7 Å². The third-order valence-electron chi connectivity index (χ3n) is 3.33. The molecule has 0 atom stereocenters. The quantitative estimate of drug-likeness (QED) is 0.752. The molecule has 0 fully saturated rings. The number of aromatic amines is 1. The van der Waals surface area contributed by atoms with E-state index in [0.29, 0.717) is 10.8 Å². The number of fused-ring (bicyclic) bond motifs is 1. The highest BCUT2D eigenvalue weighted by atomic mass is 35.5. The van der Waals surface area contributed by atoms with Crippen LogP contribution in [-0.2, 0) is 6.54 Å². The number of aromatic nitrogens is 3. The number of hydrogen-bond donors (Lipinski definition) is 1. The van der Waals surface area contributed by atoms with Gasteiger partial charge in [-0.3, -0.25) is 0 Å². The number of H-pyrrole nitrogens is 1. The maximum absolute atomic E-state index is 6.06. The Balaban J connectivity index is 1.89. The molecule has 2 heterocycles. The van der Waals surface area contributed by atoms with Gasteiger partial charge in [-0.25, -0.2) is 9.97 Å². The Morgan fingerprint density at radius 2 is 2.05 bits per heavy atom. The zero-order chi connectivity index (χ0) is 14.8. The second-order valence-corrected chi connectivity index (χ2v) is 5.16. The van der Waals surface area contributed by atoms with Crippen molar-refractivity contribution in [2.24, 2.45) is 0 Å². The molecule has 108 valence electrons. The third-order valence-corrected chi connectivity index (χ3v) is 3.53. The summed E-state index contributed by atoms with van der Waals surface area (Å²) in [6, 6.07) is 9.83. The topological polar surface area (TPSA) is 54.0 Å². The van der Waals surface area contributed by atoms with Crippen molar-refractivity contribution < 1.29 is 4.74 Å². The lowest BCUT2D eigenvalue weighted by molar-refractivity contribution is 0.414. The molecular weight excluding hydrogens is 288 g/mol. The Labute approximate surface area is 127 Å². The van der Waals surface area contributed by atoms with Gasteiger partial charge in [0.1, 0.15) is 16.4 Å². The van der Waals surface area contributed by atoms with E-state index in [2.05, 4.69) is 19.9 Å². The Morgan fingerprint density at radius 1 is 1.29 bits per heavy atom. The number of anilines is 1. The molecule has 2 aromatic heterocycles. The standard InChI is InChI=1S/C15H15ClN4O/c1-20(8-10-3-5-11(21-2)6-4-10)12-7-13(16)19-15-14(12)17-9-18-15/h3-7,9H,8H2,1-2H3,(H,17,18,19). The molecule has 0 amide bonds. The minimum Gasteiger partial charge on any atom is -0.497 e. The van der Waals surface area contributed by atoms with Gasteiger partial charge >= 0.3 is 0 Å². The van der Waals surface area contributed by atoms with E-state index >= 15 is 0 Å². The van der Waals surface area contributed by atoms with Gasteiger partial charge in [0.05, 0.1) is 19.1 Å². The summed E-state index contributed by atoms with van der Waals surface area (Å²) in [5, 5.41) is 0.436. The first-order valence-corrected chi connectivity index (χ1v) is 6.89. The maximum atomic E-state index is 6.06. The molecular formula is C15H15ClN4O. The SMILES string of the molecule is COc1ccc(CN(C)c2cc(Cl)nc3nc[nH]c23)cc1. The van der Waals surface area contributed by atoms with Crippen LogP contribution in [0.4, 0.5) is 5.69 Å². The molecule has 3 rings (SSSR count). The first-order chi connectivity index (χ1) is 10.2. The van der Waals surface area contributed by atoms with E-state index in [0.717, 1.165) is 23.5 Å². The van der Waals surface area contributed by atoms with E-state index < -0.39 is 0 Å². The molecule has 1 N–H and O–H groups in total. The lowest BCUT2D eigenvalue weighted by atomic mass is 10.2. The molecule has 0 aliphatic heterocycles. The van der Waals surface area contributed by atoms with Crippen molar-refractivity contribution in [2.75, 3.05) is 19.1 Å². The predicted octanol–water partition coefficient (Wildman–Crippen LogP) is 3.26. The molecule has 1 aromatic carbocycles. The van der Waals surface area contributed by atoms with Crippen LogP contribution in [0.2, 0.25) is 5.15 Å². The van der Waals surface area contributed by atoms with Crippen LogP contribution >= 0.6 is 11.6 Å². The van der Waals surface area contributed by atoms with E-state index in [1.54, 1.807) is 13.4 Å². The minimum atomic E-state index is 0.436. The second kappa shape index (κ2) is 5.61. The minimum absolute atomic E-state index is 0.436. The molecule has 0 spiro atoms. The summed E-state index contributed by atoms with van der Waals surface area (Å²) >= 11 is 6.06. The van der Waals surface area contributed by atoms with Crippen LogP contribution in [0.1, 0.15) is 5.56 Å². The summed E-state index contributed by atoms with van der Waals surface area (Å²) in [5.41, 5.74) is 3.66. The summed E-state index contributed by atoms with van der Waals surface area (Å²) in [5.74, 6) is 0.851. The Bertz CT molecular complexity index is 754. The van der Waals surface area contributed by atoms with Gasteiger partial charge in [0.25, 0.3) is 0 Å². The average Bonchev–Trinajstić information content (AvgIpc) is 2.95. The van der Waals surface area contributed by atoms with Gasteiger partial charge in [0.2, 0.25) is 0 Å². The monoisotopic (exact) mass is 302 g/mol. The normalized spacial score (nSPS) is 10.8. The smallest absolute Gasteiger partial charge is 0.180 e. The maximum Gasteiger partial charge on any atom is 0.180 e. The lowest BCUT2D eigenvalue weighted by Gasteiger charge is -2.20. The fourth-order valence-corrected chi connectivity index (χ4v) is 2.45. The number of benzene rings is 1. The van der Waals surface area contributed by atoms with Gasteiger partial charge in [0, 0.05) is 19.7 Å². The zero-order valence-corrected chi connectivity index (χ0v) is 12.6. The van der Waals surface area contributed by atoms with E-state index in [1.165, 1.54) is 5.56 Å². The highest BCUT2D eigenvalue weighted by Gasteiger charge is 2.11. The second-order valence-electron chi connectivity index (χ2n) is 4.77. The third kappa shape index (κ3) is 2.78. The van der Waals surface area contributed by atoms with Crippen molar-refractivity contribution in [1.82, 2.24) is 15.0 Å². The van der Waals surface area contributed by atoms with Crippen molar-refractivity contribution in [2.45, 2.75) is 6.54 Å². The molecule has 0 aliphatic carbocycles. The van der Waals surface area contributed by atoms with Crippen LogP contribution in [0.3, 0.4) is 0 Å². The van der Waals surface area contributed by atoms with Gasteiger partial charge in [-0.15, -0.1) is 0 Å². The number of halogens is 1. The van der Waals surface area contributed by atoms with Gasteiger partial charge < -0.3 is 14.6 Å².